The highest BCUT2D eigenvalue weighted by Gasteiger charge is 2.10. The fraction of sp³-hybridized carbons (Fsp3) is 1.00. The molecule has 0 fully saturated rings. The van der Waals surface area contributed by atoms with E-state index in [0.29, 0.717) is 6.54 Å². The van der Waals surface area contributed by atoms with Gasteiger partial charge in [-0.1, -0.05) is 0 Å². The molecule has 0 heterocycles. The van der Waals surface area contributed by atoms with Gasteiger partial charge < -0.3 is 15.3 Å². The number of nitrogens with zero attached hydrogens (tertiary/aromatic N) is 1. The van der Waals surface area contributed by atoms with Crippen LogP contribution < -0.4 is 5.73 Å². The lowest BCUT2D eigenvalue weighted by molar-refractivity contribution is -0.889. The van der Waals surface area contributed by atoms with Crippen LogP contribution in [0.4, 0.5) is 0 Å². The first-order chi connectivity index (χ1) is 4.12. The minimum Gasteiger partial charge on any atom is -0.391 e. The molecule has 0 amide bonds. The Morgan fingerprint density at radius 1 is 1.33 bits per heavy atom. The summed E-state index contributed by atoms with van der Waals surface area (Å²) >= 11 is 0. The van der Waals surface area contributed by atoms with E-state index in [9.17, 15) is 0 Å². The van der Waals surface area contributed by atoms with Crippen molar-refractivity contribution in [2.24, 2.45) is 5.73 Å². The predicted molar refractivity (Wildman–Crippen MR) is 38.0 cm³/mol. The first kappa shape index (κ1) is 8.88. The Kier molecular flexibility index (Phi) is 3.77. The maximum Gasteiger partial charge on any atom is 0.102 e. The molecule has 0 aromatic carbocycles. The van der Waals surface area contributed by atoms with Gasteiger partial charge in [-0.05, 0) is 0 Å². The van der Waals surface area contributed by atoms with Crippen molar-refractivity contribution in [3.05, 3.63) is 0 Å². The van der Waals surface area contributed by atoms with Gasteiger partial charge in [-0.3, -0.25) is 0 Å². The van der Waals surface area contributed by atoms with Crippen LogP contribution in [0.25, 0.3) is 0 Å². The molecular weight excluding hydrogens is 116 g/mol. The number of hydrogen-bond donors (Lipinski definition) is 2. The number of likely N-dealkylation sites (N-methyl/N-ethyl adjacent to an activating group) is 1. The van der Waals surface area contributed by atoms with Crippen molar-refractivity contribution in [1.29, 1.82) is 0 Å². The Hall–Kier alpha value is -0.120. The monoisotopic (exact) mass is 133 g/mol. The van der Waals surface area contributed by atoms with Gasteiger partial charge in [-0.25, -0.2) is 0 Å². The smallest absolute Gasteiger partial charge is 0.102 e. The molecule has 0 saturated carbocycles. The van der Waals surface area contributed by atoms with Crippen molar-refractivity contribution >= 4 is 0 Å². The molecule has 0 rings (SSSR count). The number of nitrogens with two attached hydrogens (primary N) is 1. The van der Waals surface area contributed by atoms with E-state index < -0.39 is 0 Å². The van der Waals surface area contributed by atoms with E-state index in [-0.39, 0.29) is 6.61 Å². The van der Waals surface area contributed by atoms with Gasteiger partial charge in [0.2, 0.25) is 0 Å². The lowest BCUT2D eigenvalue weighted by Crippen LogP contribution is -2.45. The van der Waals surface area contributed by atoms with Crippen LogP contribution >= 0.6 is 0 Å². The average molecular weight is 133 g/mol. The van der Waals surface area contributed by atoms with Crippen molar-refractivity contribution in [3.8, 4) is 0 Å². The van der Waals surface area contributed by atoms with Crippen molar-refractivity contribution < 1.29 is 9.59 Å². The summed E-state index contributed by atoms with van der Waals surface area (Å²) in [6, 6.07) is 0. The van der Waals surface area contributed by atoms with Crippen LogP contribution in [0.2, 0.25) is 0 Å². The van der Waals surface area contributed by atoms with Crippen molar-refractivity contribution in [2.45, 2.75) is 0 Å². The number of aliphatic hydroxyl groups excluding tert-OH is 1. The Balaban J connectivity index is 3.43. The molecule has 0 aliphatic heterocycles. The maximum absolute atomic E-state index is 8.57. The van der Waals surface area contributed by atoms with Crippen LogP contribution in [0, 0.1) is 0 Å². The average Bonchev–Trinajstić information content (AvgIpc) is 1.64. The van der Waals surface area contributed by atoms with Gasteiger partial charge in [-0.15, -0.1) is 0 Å². The molecule has 0 aliphatic carbocycles. The van der Waals surface area contributed by atoms with Crippen LogP contribution in [0.5, 0.6) is 0 Å². The zero-order valence-corrected chi connectivity index (χ0v) is 6.30. The molecule has 0 atom stereocenters. The molecule has 0 saturated heterocycles. The SMILES string of the molecule is C[N+](C)(CCN)CCO. The third-order valence-corrected chi connectivity index (χ3v) is 1.44. The summed E-state index contributed by atoms with van der Waals surface area (Å²) in [5.74, 6) is 0. The molecule has 0 radical (unpaired) electrons. The number of quaternary nitrogens is 1. The zero-order chi connectivity index (χ0) is 7.33. The van der Waals surface area contributed by atoms with E-state index in [1.54, 1.807) is 0 Å². The zero-order valence-electron chi connectivity index (χ0n) is 6.30. The normalized spacial score (nSPS) is 12.0. The summed E-state index contributed by atoms with van der Waals surface area (Å²) in [6.07, 6.45) is 0. The van der Waals surface area contributed by atoms with Crippen LogP contribution in [0.3, 0.4) is 0 Å². The second-order valence-corrected chi connectivity index (χ2v) is 2.90. The minimum absolute atomic E-state index is 0.243. The summed E-state index contributed by atoms with van der Waals surface area (Å²) in [5.41, 5.74) is 5.35. The van der Waals surface area contributed by atoms with Crippen LogP contribution in [-0.2, 0) is 0 Å². The molecule has 3 N–H and O–H groups in total. The molecule has 0 bridgehead atoms. The fourth-order valence-corrected chi connectivity index (χ4v) is 0.732. The predicted octanol–water partition coefficient (Wildman–Crippen LogP) is -0.986. The van der Waals surface area contributed by atoms with E-state index in [1.807, 2.05) is 0 Å². The Bertz CT molecular complexity index is 65.5. The van der Waals surface area contributed by atoms with Crippen LogP contribution in [0.1, 0.15) is 0 Å². The molecule has 3 nitrogen and oxygen atoms in total. The summed E-state index contributed by atoms with van der Waals surface area (Å²) < 4.78 is 0.812. The summed E-state index contributed by atoms with van der Waals surface area (Å²) in [5, 5.41) is 8.57. The van der Waals surface area contributed by atoms with Gasteiger partial charge >= 0.3 is 0 Å². The molecule has 56 valence electrons. The lowest BCUT2D eigenvalue weighted by atomic mass is 10.4. The van der Waals surface area contributed by atoms with Gasteiger partial charge in [0.15, 0.2) is 0 Å². The highest BCUT2D eigenvalue weighted by Crippen LogP contribution is 1.92. The molecule has 0 aromatic heterocycles. The third-order valence-electron chi connectivity index (χ3n) is 1.44. The molecule has 0 aromatic rings. The second kappa shape index (κ2) is 3.82. The molecule has 0 unspecified atom stereocenters. The number of rotatable bonds is 4. The van der Waals surface area contributed by atoms with Crippen molar-refractivity contribution in [1.82, 2.24) is 0 Å². The first-order valence-corrected chi connectivity index (χ1v) is 3.25. The van der Waals surface area contributed by atoms with E-state index in [2.05, 4.69) is 14.1 Å². The van der Waals surface area contributed by atoms with Crippen LogP contribution in [0.15, 0.2) is 0 Å². The number of aliphatic hydroxyl groups is 1. The van der Waals surface area contributed by atoms with Gasteiger partial charge in [0.05, 0.1) is 27.2 Å². The van der Waals surface area contributed by atoms with Crippen molar-refractivity contribution in [3.63, 3.8) is 0 Å². The summed E-state index contributed by atoms with van der Waals surface area (Å²) in [4.78, 5) is 0. The minimum atomic E-state index is 0.243. The van der Waals surface area contributed by atoms with Crippen LogP contribution in [-0.4, -0.2) is 49.9 Å². The lowest BCUT2D eigenvalue weighted by Gasteiger charge is -2.27. The second-order valence-electron chi connectivity index (χ2n) is 2.90. The Labute approximate surface area is 56.7 Å². The largest absolute Gasteiger partial charge is 0.391 e. The van der Waals surface area contributed by atoms with Crippen molar-refractivity contribution in [2.75, 3.05) is 40.3 Å². The summed E-state index contributed by atoms with van der Waals surface area (Å²) in [6.45, 7) is 2.65. The van der Waals surface area contributed by atoms with Gasteiger partial charge in [-0.2, -0.15) is 0 Å². The van der Waals surface area contributed by atoms with Gasteiger partial charge in [0.25, 0.3) is 0 Å². The fourth-order valence-electron chi connectivity index (χ4n) is 0.732. The third kappa shape index (κ3) is 4.39. The summed E-state index contributed by atoms with van der Waals surface area (Å²) in [7, 11) is 4.12. The topological polar surface area (TPSA) is 46.2 Å². The first-order valence-electron chi connectivity index (χ1n) is 3.25. The maximum atomic E-state index is 8.57. The molecule has 0 spiro atoms. The van der Waals surface area contributed by atoms with E-state index in [1.165, 1.54) is 0 Å². The van der Waals surface area contributed by atoms with E-state index in [0.717, 1.165) is 17.6 Å². The standard InChI is InChI=1S/C6H17N2O/c1-8(2,4-3-7)5-6-9/h9H,3-7H2,1-2H3/q+1. The van der Waals surface area contributed by atoms with E-state index >= 15 is 0 Å². The molecule has 9 heavy (non-hydrogen) atoms. The molecule has 3 heteroatoms. The van der Waals surface area contributed by atoms with Gasteiger partial charge in [0.1, 0.15) is 6.54 Å². The Morgan fingerprint density at radius 2 is 1.89 bits per heavy atom. The number of hydrogen-bond acceptors (Lipinski definition) is 2. The Morgan fingerprint density at radius 3 is 2.22 bits per heavy atom. The molecule has 0 aliphatic rings. The van der Waals surface area contributed by atoms with E-state index in [4.69, 9.17) is 10.8 Å². The van der Waals surface area contributed by atoms with Gasteiger partial charge in [0, 0.05) is 6.54 Å². The highest BCUT2D eigenvalue weighted by atomic mass is 16.3. The molecular formula is C6H17N2O+. The highest BCUT2D eigenvalue weighted by molar-refractivity contribution is 4.33. The quantitative estimate of drug-likeness (QED) is 0.484.